The van der Waals surface area contributed by atoms with Gasteiger partial charge >= 0.3 is 0 Å². The van der Waals surface area contributed by atoms with E-state index < -0.39 is 0 Å². The summed E-state index contributed by atoms with van der Waals surface area (Å²) < 4.78 is 0.728. The Balaban J connectivity index is 2.18. The summed E-state index contributed by atoms with van der Waals surface area (Å²) in [6.45, 7) is 2.88. The Bertz CT molecular complexity index is 336. The summed E-state index contributed by atoms with van der Waals surface area (Å²) in [6, 6.07) is 1.90. The number of carbonyl (C=O) groups is 1. The second-order valence-electron chi connectivity index (χ2n) is 3.58. The van der Waals surface area contributed by atoms with Crippen LogP contribution in [0.15, 0.2) is 6.07 Å². The van der Waals surface area contributed by atoms with E-state index in [0.29, 0.717) is 0 Å². The van der Waals surface area contributed by atoms with Crippen LogP contribution in [0.25, 0.3) is 0 Å². The summed E-state index contributed by atoms with van der Waals surface area (Å²) in [5.74, 6) is 0.197. The molecule has 1 N–H and O–H groups in total. The number of ketones is 1. The third-order valence-electron chi connectivity index (χ3n) is 2.48. The molecule has 1 aromatic rings. The molecular formula is C10H12ClNOS. The second kappa shape index (κ2) is 4.01. The fourth-order valence-electron chi connectivity index (χ4n) is 1.66. The SMILES string of the molecule is Cc1cc(C(=O)C2CCCN2)sc1Cl. The molecular weight excluding hydrogens is 218 g/mol. The number of halogens is 1. The van der Waals surface area contributed by atoms with E-state index in [-0.39, 0.29) is 11.8 Å². The predicted octanol–water partition coefficient (Wildman–Crippen LogP) is 2.64. The van der Waals surface area contributed by atoms with Crippen molar-refractivity contribution in [1.82, 2.24) is 5.32 Å². The first kappa shape index (κ1) is 10.1. The van der Waals surface area contributed by atoms with Gasteiger partial charge in [-0.25, -0.2) is 0 Å². The lowest BCUT2D eigenvalue weighted by Crippen LogP contribution is -2.30. The maximum Gasteiger partial charge on any atom is 0.189 e. The van der Waals surface area contributed by atoms with Gasteiger partial charge in [-0.05, 0) is 37.9 Å². The lowest BCUT2D eigenvalue weighted by atomic mass is 10.1. The van der Waals surface area contributed by atoms with Gasteiger partial charge in [-0.3, -0.25) is 4.79 Å². The van der Waals surface area contributed by atoms with Crippen LogP contribution in [0.5, 0.6) is 0 Å². The molecule has 14 heavy (non-hydrogen) atoms. The van der Waals surface area contributed by atoms with E-state index in [1.54, 1.807) is 0 Å². The first-order valence-corrected chi connectivity index (χ1v) is 5.91. The van der Waals surface area contributed by atoms with Crippen LogP contribution in [-0.2, 0) is 0 Å². The van der Waals surface area contributed by atoms with Gasteiger partial charge in [0.05, 0.1) is 15.3 Å². The number of rotatable bonds is 2. The quantitative estimate of drug-likeness (QED) is 0.790. The predicted molar refractivity (Wildman–Crippen MR) is 59.4 cm³/mol. The Morgan fingerprint density at radius 1 is 1.71 bits per heavy atom. The molecule has 0 radical (unpaired) electrons. The van der Waals surface area contributed by atoms with E-state index in [9.17, 15) is 4.79 Å². The highest BCUT2D eigenvalue weighted by Crippen LogP contribution is 2.28. The number of Topliss-reactive ketones (excluding diaryl/α,β-unsaturated/α-hetero) is 1. The first-order valence-electron chi connectivity index (χ1n) is 4.72. The zero-order valence-electron chi connectivity index (χ0n) is 7.97. The van der Waals surface area contributed by atoms with Crippen LogP contribution in [0, 0.1) is 6.92 Å². The van der Waals surface area contributed by atoms with Gasteiger partial charge < -0.3 is 5.32 Å². The van der Waals surface area contributed by atoms with Crippen LogP contribution < -0.4 is 5.32 Å². The maximum absolute atomic E-state index is 11.9. The number of thiophene rings is 1. The fourth-order valence-corrected chi connectivity index (χ4v) is 2.86. The van der Waals surface area contributed by atoms with Gasteiger partial charge in [0, 0.05) is 0 Å². The lowest BCUT2D eigenvalue weighted by Gasteiger charge is -2.05. The molecule has 1 fully saturated rings. The van der Waals surface area contributed by atoms with Crippen LogP contribution >= 0.6 is 22.9 Å². The number of hydrogen-bond donors (Lipinski definition) is 1. The van der Waals surface area contributed by atoms with Crippen molar-refractivity contribution in [2.24, 2.45) is 0 Å². The molecule has 2 rings (SSSR count). The van der Waals surface area contributed by atoms with E-state index in [1.807, 2.05) is 13.0 Å². The Kier molecular flexibility index (Phi) is 2.91. The molecule has 1 aliphatic rings. The van der Waals surface area contributed by atoms with E-state index in [2.05, 4.69) is 5.32 Å². The van der Waals surface area contributed by atoms with Gasteiger partial charge in [0.1, 0.15) is 0 Å². The molecule has 1 unspecified atom stereocenters. The highest BCUT2D eigenvalue weighted by Gasteiger charge is 2.24. The molecule has 1 aliphatic heterocycles. The summed E-state index contributed by atoms with van der Waals surface area (Å²) in [7, 11) is 0. The smallest absolute Gasteiger partial charge is 0.189 e. The van der Waals surface area contributed by atoms with Crippen molar-refractivity contribution in [3.63, 3.8) is 0 Å². The summed E-state index contributed by atoms with van der Waals surface area (Å²) in [5, 5.41) is 3.20. The van der Waals surface area contributed by atoms with Crippen LogP contribution in [0.1, 0.15) is 28.1 Å². The summed E-state index contributed by atoms with van der Waals surface area (Å²) in [4.78, 5) is 12.7. The van der Waals surface area contributed by atoms with Gasteiger partial charge in [0.2, 0.25) is 0 Å². The normalized spacial score (nSPS) is 21.4. The molecule has 0 aromatic carbocycles. The third kappa shape index (κ3) is 1.85. The van der Waals surface area contributed by atoms with Crippen molar-refractivity contribution in [1.29, 1.82) is 0 Å². The van der Waals surface area contributed by atoms with Crippen molar-refractivity contribution in [3.05, 3.63) is 20.8 Å². The van der Waals surface area contributed by atoms with Crippen LogP contribution in [0.2, 0.25) is 4.34 Å². The van der Waals surface area contributed by atoms with Crippen molar-refractivity contribution < 1.29 is 4.79 Å². The Labute approximate surface area is 92.3 Å². The first-order chi connectivity index (χ1) is 6.68. The largest absolute Gasteiger partial charge is 0.307 e. The van der Waals surface area contributed by atoms with Crippen LogP contribution in [-0.4, -0.2) is 18.4 Å². The molecule has 0 saturated carbocycles. The average molecular weight is 230 g/mol. The number of aryl methyl sites for hydroxylation is 1. The molecule has 0 bridgehead atoms. The van der Waals surface area contributed by atoms with Crippen LogP contribution in [0.3, 0.4) is 0 Å². The molecule has 1 aromatic heterocycles. The minimum atomic E-state index is 0.0177. The van der Waals surface area contributed by atoms with Gasteiger partial charge in [-0.1, -0.05) is 11.6 Å². The fraction of sp³-hybridized carbons (Fsp3) is 0.500. The van der Waals surface area contributed by atoms with Crippen molar-refractivity contribution in [3.8, 4) is 0 Å². The van der Waals surface area contributed by atoms with Crippen molar-refractivity contribution >= 4 is 28.7 Å². The molecule has 0 aliphatic carbocycles. The summed E-state index contributed by atoms with van der Waals surface area (Å²) >= 11 is 7.31. The van der Waals surface area contributed by atoms with Crippen molar-refractivity contribution in [2.45, 2.75) is 25.8 Å². The number of carbonyl (C=O) groups excluding carboxylic acids is 1. The second-order valence-corrected chi connectivity index (χ2v) is 5.23. The van der Waals surface area contributed by atoms with E-state index >= 15 is 0 Å². The minimum Gasteiger partial charge on any atom is -0.307 e. The highest BCUT2D eigenvalue weighted by atomic mass is 35.5. The number of hydrogen-bond acceptors (Lipinski definition) is 3. The Morgan fingerprint density at radius 3 is 3.00 bits per heavy atom. The molecule has 2 heterocycles. The van der Waals surface area contributed by atoms with Gasteiger partial charge in [0.15, 0.2) is 5.78 Å². The van der Waals surface area contributed by atoms with E-state index in [4.69, 9.17) is 11.6 Å². The van der Waals surface area contributed by atoms with Gasteiger partial charge in [0.25, 0.3) is 0 Å². The average Bonchev–Trinajstić information content (AvgIpc) is 2.76. The zero-order chi connectivity index (χ0) is 10.1. The molecule has 0 spiro atoms. The van der Waals surface area contributed by atoms with E-state index in [0.717, 1.165) is 34.2 Å². The molecule has 76 valence electrons. The monoisotopic (exact) mass is 229 g/mol. The Morgan fingerprint density at radius 2 is 2.50 bits per heavy atom. The minimum absolute atomic E-state index is 0.0177. The van der Waals surface area contributed by atoms with Crippen LogP contribution in [0.4, 0.5) is 0 Å². The molecule has 0 amide bonds. The number of nitrogens with one attached hydrogen (secondary N) is 1. The molecule has 1 saturated heterocycles. The van der Waals surface area contributed by atoms with Gasteiger partial charge in [-0.15, -0.1) is 11.3 Å². The highest BCUT2D eigenvalue weighted by molar-refractivity contribution is 7.18. The van der Waals surface area contributed by atoms with Gasteiger partial charge in [-0.2, -0.15) is 0 Å². The third-order valence-corrected chi connectivity index (χ3v) is 4.05. The standard InChI is InChI=1S/C10H12ClNOS/c1-6-5-8(14-10(6)11)9(13)7-3-2-4-12-7/h5,7,12H,2-4H2,1H3. The summed E-state index contributed by atoms with van der Waals surface area (Å²) in [6.07, 6.45) is 2.04. The summed E-state index contributed by atoms with van der Waals surface area (Å²) in [5.41, 5.74) is 0.998. The topological polar surface area (TPSA) is 29.1 Å². The molecule has 1 atom stereocenters. The zero-order valence-corrected chi connectivity index (χ0v) is 9.54. The molecule has 2 nitrogen and oxygen atoms in total. The molecule has 4 heteroatoms. The maximum atomic E-state index is 11.9. The van der Waals surface area contributed by atoms with Crippen molar-refractivity contribution in [2.75, 3.05) is 6.54 Å². The van der Waals surface area contributed by atoms with E-state index in [1.165, 1.54) is 11.3 Å². The Hall–Kier alpha value is -0.380. The lowest BCUT2D eigenvalue weighted by molar-refractivity contribution is 0.0956.